The molecule has 1 aromatic heterocycles. The van der Waals surface area contributed by atoms with Crippen molar-refractivity contribution in [3.63, 3.8) is 0 Å². The Morgan fingerprint density at radius 3 is 2.65 bits per heavy atom. The SMILES string of the molecule is COc1ccc(CCNC(=O)[C@H](C)n2cnc3ccccc3c2=O)cc1. The van der Waals surface area contributed by atoms with E-state index in [1.807, 2.05) is 30.3 Å². The number of carbonyl (C=O) groups is 1. The van der Waals surface area contributed by atoms with E-state index < -0.39 is 6.04 Å². The van der Waals surface area contributed by atoms with E-state index in [1.54, 1.807) is 32.2 Å². The first kappa shape index (κ1) is 17.7. The topological polar surface area (TPSA) is 73.2 Å². The molecule has 0 aliphatic heterocycles. The Bertz CT molecular complexity index is 964. The standard InChI is InChI=1S/C20H21N3O3/c1-14(23-13-22-18-6-4-3-5-17(18)20(23)25)19(24)21-12-11-15-7-9-16(26-2)10-8-15/h3-10,13-14H,11-12H2,1-2H3,(H,21,24)/t14-/m0/s1. The van der Waals surface area contributed by atoms with Crippen LogP contribution < -0.4 is 15.6 Å². The van der Waals surface area contributed by atoms with Crippen LogP contribution in [0.3, 0.4) is 0 Å². The van der Waals surface area contributed by atoms with E-state index in [1.165, 1.54) is 10.9 Å². The maximum Gasteiger partial charge on any atom is 0.261 e. The molecule has 6 nitrogen and oxygen atoms in total. The van der Waals surface area contributed by atoms with Gasteiger partial charge >= 0.3 is 0 Å². The van der Waals surface area contributed by atoms with Gasteiger partial charge < -0.3 is 10.1 Å². The summed E-state index contributed by atoms with van der Waals surface area (Å²) in [7, 11) is 1.63. The molecule has 1 heterocycles. The highest BCUT2D eigenvalue weighted by molar-refractivity contribution is 5.81. The van der Waals surface area contributed by atoms with Crippen molar-refractivity contribution < 1.29 is 9.53 Å². The summed E-state index contributed by atoms with van der Waals surface area (Å²) in [5.41, 5.74) is 1.51. The largest absolute Gasteiger partial charge is 0.497 e. The normalized spacial score (nSPS) is 11.9. The molecule has 1 atom stereocenters. The fraction of sp³-hybridized carbons (Fsp3) is 0.250. The number of para-hydroxylation sites is 1. The molecule has 2 aromatic carbocycles. The van der Waals surface area contributed by atoms with E-state index in [4.69, 9.17) is 4.74 Å². The predicted octanol–water partition coefficient (Wildman–Crippen LogP) is 2.33. The summed E-state index contributed by atoms with van der Waals surface area (Å²) in [4.78, 5) is 29.2. The molecule has 0 spiro atoms. The molecule has 0 radical (unpaired) electrons. The second kappa shape index (κ2) is 7.82. The number of nitrogens with one attached hydrogen (secondary N) is 1. The molecule has 1 N–H and O–H groups in total. The summed E-state index contributed by atoms with van der Waals surface area (Å²) in [6, 6.07) is 14.2. The minimum Gasteiger partial charge on any atom is -0.497 e. The molecular weight excluding hydrogens is 330 g/mol. The molecule has 3 rings (SSSR count). The summed E-state index contributed by atoms with van der Waals surface area (Å²) in [5.74, 6) is 0.590. The lowest BCUT2D eigenvalue weighted by atomic mass is 10.1. The van der Waals surface area contributed by atoms with E-state index in [0.29, 0.717) is 23.9 Å². The average molecular weight is 351 g/mol. The van der Waals surface area contributed by atoms with Crippen molar-refractivity contribution in [2.75, 3.05) is 13.7 Å². The van der Waals surface area contributed by atoms with Gasteiger partial charge in [0.25, 0.3) is 5.56 Å². The van der Waals surface area contributed by atoms with Gasteiger partial charge in [-0.15, -0.1) is 0 Å². The summed E-state index contributed by atoms with van der Waals surface area (Å²) >= 11 is 0. The van der Waals surface area contributed by atoms with Gasteiger partial charge in [-0.3, -0.25) is 14.2 Å². The molecule has 26 heavy (non-hydrogen) atoms. The molecular formula is C20H21N3O3. The van der Waals surface area contributed by atoms with Crippen molar-refractivity contribution in [3.05, 3.63) is 70.8 Å². The molecule has 6 heteroatoms. The summed E-state index contributed by atoms with van der Waals surface area (Å²) in [6.07, 6.45) is 2.13. The lowest BCUT2D eigenvalue weighted by molar-refractivity contribution is -0.123. The van der Waals surface area contributed by atoms with Crippen LogP contribution in [-0.2, 0) is 11.2 Å². The summed E-state index contributed by atoms with van der Waals surface area (Å²) < 4.78 is 6.49. The van der Waals surface area contributed by atoms with Gasteiger partial charge in [-0.2, -0.15) is 0 Å². The molecule has 0 unspecified atom stereocenters. The number of amides is 1. The monoisotopic (exact) mass is 351 g/mol. The Balaban J connectivity index is 1.64. The molecule has 0 fully saturated rings. The number of benzene rings is 2. The summed E-state index contributed by atoms with van der Waals surface area (Å²) in [6.45, 7) is 2.19. The fourth-order valence-corrected chi connectivity index (χ4v) is 2.76. The van der Waals surface area contributed by atoms with Crippen LogP contribution in [0.1, 0.15) is 18.5 Å². The Hall–Kier alpha value is -3.15. The maximum atomic E-state index is 12.6. The Morgan fingerprint density at radius 2 is 1.92 bits per heavy atom. The molecule has 0 bridgehead atoms. The van der Waals surface area contributed by atoms with Gasteiger partial charge in [0.05, 0.1) is 24.3 Å². The Morgan fingerprint density at radius 1 is 1.19 bits per heavy atom. The van der Waals surface area contributed by atoms with Crippen LogP contribution in [0.15, 0.2) is 59.7 Å². The molecule has 1 amide bonds. The lowest BCUT2D eigenvalue weighted by Gasteiger charge is -2.15. The van der Waals surface area contributed by atoms with Gasteiger partial charge in [-0.25, -0.2) is 4.98 Å². The van der Waals surface area contributed by atoms with Gasteiger partial charge in [0.2, 0.25) is 5.91 Å². The maximum absolute atomic E-state index is 12.6. The predicted molar refractivity (Wildman–Crippen MR) is 100 cm³/mol. The number of aromatic nitrogens is 2. The van der Waals surface area contributed by atoms with Gasteiger partial charge in [0.1, 0.15) is 11.8 Å². The molecule has 0 saturated carbocycles. The van der Waals surface area contributed by atoms with Gasteiger partial charge in [-0.05, 0) is 43.2 Å². The van der Waals surface area contributed by atoms with Crippen molar-refractivity contribution in [1.82, 2.24) is 14.9 Å². The van der Waals surface area contributed by atoms with Crippen molar-refractivity contribution in [2.24, 2.45) is 0 Å². The first-order chi connectivity index (χ1) is 12.6. The minimum absolute atomic E-state index is 0.210. The number of hydrogen-bond acceptors (Lipinski definition) is 4. The van der Waals surface area contributed by atoms with Crippen LogP contribution in [0.5, 0.6) is 5.75 Å². The number of hydrogen-bond donors (Lipinski definition) is 1. The van der Waals surface area contributed by atoms with Crippen molar-refractivity contribution in [2.45, 2.75) is 19.4 Å². The number of nitrogens with zero attached hydrogens (tertiary/aromatic N) is 2. The minimum atomic E-state index is -0.629. The highest BCUT2D eigenvalue weighted by Crippen LogP contribution is 2.12. The average Bonchev–Trinajstić information content (AvgIpc) is 2.68. The molecule has 134 valence electrons. The third kappa shape index (κ3) is 3.74. The highest BCUT2D eigenvalue weighted by Gasteiger charge is 2.17. The van der Waals surface area contributed by atoms with E-state index in [2.05, 4.69) is 10.3 Å². The number of carbonyl (C=O) groups excluding carboxylic acids is 1. The van der Waals surface area contributed by atoms with Crippen LogP contribution in [-0.4, -0.2) is 29.1 Å². The molecule has 0 aliphatic rings. The second-order valence-corrected chi connectivity index (χ2v) is 6.04. The van der Waals surface area contributed by atoms with Gasteiger partial charge in [-0.1, -0.05) is 24.3 Å². The van der Waals surface area contributed by atoms with Crippen LogP contribution in [0, 0.1) is 0 Å². The number of rotatable bonds is 6. The van der Waals surface area contributed by atoms with E-state index in [0.717, 1.165) is 11.3 Å². The number of fused-ring (bicyclic) bond motifs is 1. The smallest absolute Gasteiger partial charge is 0.261 e. The number of ether oxygens (including phenoxy) is 1. The Labute approximate surface area is 151 Å². The van der Waals surface area contributed by atoms with Crippen LogP contribution in [0.25, 0.3) is 10.9 Å². The number of methoxy groups -OCH3 is 1. The zero-order valence-corrected chi connectivity index (χ0v) is 14.8. The van der Waals surface area contributed by atoms with Gasteiger partial charge in [0.15, 0.2) is 0 Å². The van der Waals surface area contributed by atoms with E-state index in [9.17, 15) is 9.59 Å². The third-order valence-electron chi connectivity index (χ3n) is 4.36. The quantitative estimate of drug-likeness (QED) is 0.740. The highest BCUT2D eigenvalue weighted by atomic mass is 16.5. The van der Waals surface area contributed by atoms with E-state index >= 15 is 0 Å². The van der Waals surface area contributed by atoms with Crippen molar-refractivity contribution in [3.8, 4) is 5.75 Å². The fourth-order valence-electron chi connectivity index (χ4n) is 2.76. The van der Waals surface area contributed by atoms with Crippen molar-refractivity contribution >= 4 is 16.8 Å². The third-order valence-corrected chi connectivity index (χ3v) is 4.36. The van der Waals surface area contributed by atoms with Crippen LogP contribution in [0.4, 0.5) is 0 Å². The summed E-state index contributed by atoms with van der Waals surface area (Å²) in [5, 5.41) is 3.38. The molecule has 0 saturated heterocycles. The second-order valence-electron chi connectivity index (χ2n) is 6.04. The van der Waals surface area contributed by atoms with Crippen LogP contribution in [0.2, 0.25) is 0 Å². The van der Waals surface area contributed by atoms with Crippen LogP contribution >= 0.6 is 0 Å². The first-order valence-electron chi connectivity index (χ1n) is 8.46. The lowest BCUT2D eigenvalue weighted by Crippen LogP contribution is -2.36. The van der Waals surface area contributed by atoms with Gasteiger partial charge in [0, 0.05) is 6.54 Å². The molecule has 3 aromatic rings. The zero-order valence-electron chi connectivity index (χ0n) is 14.8. The van der Waals surface area contributed by atoms with E-state index in [-0.39, 0.29) is 11.5 Å². The Kier molecular flexibility index (Phi) is 5.31. The molecule has 0 aliphatic carbocycles. The first-order valence-corrected chi connectivity index (χ1v) is 8.46. The van der Waals surface area contributed by atoms with Crippen molar-refractivity contribution in [1.29, 1.82) is 0 Å². The zero-order chi connectivity index (χ0) is 18.5.